The summed E-state index contributed by atoms with van der Waals surface area (Å²) in [4.78, 5) is 30.1. The molecule has 4 aliphatic heterocycles. The van der Waals surface area contributed by atoms with Gasteiger partial charge in [0.05, 0.1) is 0 Å². The van der Waals surface area contributed by atoms with Gasteiger partial charge < -0.3 is 26.8 Å². The van der Waals surface area contributed by atoms with Gasteiger partial charge >= 0.3 is 5.97 Å². The second kappa shape index (κ2) is 20.0. The second-order valence-electron chi connectivity index (χ2n) is 15.9. The van der Waals surface area contributed by atoms with E-state index in [4.69, 9.17) is 39.8 Å². The van der Waals surface area contributed by atoms with E-state index in [-0.39, 0.29) is 29.6 Å². The van der Waals surface area contributed by atoms with Crippen molar-refractivity contribution in [3.63, 3.8) is 0 Å². The van der Waals surface area contributed by atoms with Crippen molar-refractivity contribution in [2.45, 2.75) is 76.8 Å². The van der Waals surface area contributed by atoms with E-state index < -0.39 is 5.97 Å². The Bertz CT molecular complexity index is 2140. The number of rotatable bonds is 8. The van der Waals surface area contributed by atoms with Gasteiger partial charge in [0.2, 0.25) is 5.91 Å². The first-order valence-electron chi connectivity index (χ1n) is 19.9. The van der Waals surface area contributed by atoms with Crippen molar-refractivity contribution < 1.29 is 23.5 Å². The molecule has 4 aliphatic rings. The van der Waals surface area contributed by atoms with Crippen LogP contribution in [0, 0.1) is 25.5 Å². The number of nitrogen functional groups attached to an aromatic ring is 2. The minimum absolute atomic E-state index is 0.0333. The number of halogens is 4. The number of piperazine rings is 2. The minimum Gasteiger partial charge on any atom is -0.478 e. The van der Waals surface area contributed by atoms with Crippen molar-refractivity contribution >= 4 is 58.6 Å². The van der Waals surface area contributed by atoms with E-state index in [2.05, 4.69) is 15.1 Å². The molecular formula is C46H52Cl2F2N6O3. The first-order valence-corrected chi connectivity index (χ1v) is 20.7. The van der Waals surface area contributed by atoms with Crippen LogP contribution in [0.25, 0.3) is 12.2 Å². The molecule has 4 aromatic rings. The van der Waals surface area contributed by atoms with Gasteiger partial charge in [-0.2, -0.15) is 0 Å². The summed E-state index contributed by atoms with van der Waals surface area (Å²) in [5.74, 6) is -1.33. The van der Waals surface area contributed by atoms with Crippen LogP contribution in [-0.2, 0) is 22.7 Å². The van der Waals surface area contributed by atoms with E-state index in [0.29, 0.717) is 39.1 Å². The first kappa shape index (κ1) is 43.8. The zero-order valence-electron chi connectivity index (χ0n) is 33.4. The molecule has 0 radical (unpaired) electrons. The number of carboxylic acids is 1. The van der Waals surface area contributed by atoms with Crippen LogP contribution in [0.2, 0.25) is 10.0 Å². The monoisotopic (exact) mass is 844 g/mol. The van der Waals surface area contributed by atoms with Crippen molar-refractivity contribution in [2.75, 3.05) is 37.6 Å². The Kier molecular flexibility index (Phi) is 14.8. The highest BCUT2D eigenvalue weighted by atomic mass is 35.5. The van der Waals surface area contributed by atoms with Crippen LogP contribution < -0.4 is 16.8 Å². The first-order chi connectivity index (χ1) is 28.2. The summed E-state index contributed by atoms with van der Waals surface area (Å²) in [6.45, 7) is 9.44. The van der Waals surface area contributed by atoms with Gasteiger partial charge in [-0.25, -0.2) is 13.6 Å². The number of amides is 1. The lowest BCUT2D eigenvalue weighted by molar-refractivity contribution is -0.132. The van der Waals surface area contributed by atoms with E-state index in [9.17, 15) is 18.4 Å². The summed E-state index contributed by atoms with van der Waals surface area (Å²) in [7, 11) is 0. The Labute approximate surface area is 355 Å². The molecule has 4 aromatic carbocycles. The average molecular weight is 846 g/mol. The summed E-state index contributed by atoms with van der Waals surface area (Å²) < 4.78 is 25.9. The van der Waals surface area contributed by atoms with Gasteiger partial charge in [0.1, 0.15) is 11.6 Å². The highest BCUT2D eigenvalue weighted by molar-refractivity contribution is 6.32. The number of aryl methyl sites for hydroxylation is 2. The van der Waals surface area contributed by atoms with Crippen LogP contribution in [0.1, 0.15) is 59.1 Å². The van der Waals surface area contributed by atoms with Crippen LogP contribution in [0.5, 0.6) is 0 Å². The van der Waals surface area contributed by atoms with E-state index in [1.807, 2.05) is 49.1 Å². The molecule has 4 unspecified atom stereocenters. The Balaban J connectivity index is 0.000000164. The van der Waals surface area contributed by atoms with Crippen molar-refractivity contribution in [2.24, 2.45) is 0 Å². The van der Waals surface area contributed by atoms with E-state index in [1.165, 1.54) is 36.6 Å². The summed E-state index contributed by atoms with van der Waals surface area (Å²) in [5.41, 5.74) is 18.3. The van der Waals surface area contributed by atoms with E-state index in [1.54, 1.807) is 42.5 Å². The van der Waals surface area contributed by atoms with Gasteiger partial charge in [-0.05, 0) is 134 Å². The van der Waals surface area contributed by atoms with Crippen LogP contribution in [0.4, 0.5) is 20.2 Å². The zero-order chi connectivity index (χ0) is 42.2. The molecule has 4 atom stereocenters. The maximum absolute atomic E-state index is 13.1. The Morgan fingerprint density at radius 2 is 1.12 bits per heavy atom. The predicted octanol–water partition coefficient (Wildman–Crippen LogP) is 8.35. The van der Waals surface area contributed by atoms with Crippen LogP contribution in [0.15, 0.2) is 84.9 Å². The number of likely N-dealkylation sites (tertiary alicyclic amines) is 2. The van der Waals surface area contributed by atoms with Gasteiger partial charge in [-0.15, -0.1) is 0 Å². The number of benzene rings is 4. The van der Waals surface area contributed by atoms with Crippen molar-refractivity contribution in [3.8, 4) is 0 Å². The molecule has 4 heterocycles. The lowest BCUT2D eigenvalue weighted by Gasteiger charge is -2.40. The lowest BCUT2D eigenvalue weighted by atomic mass is 10.1. The number of fused-ring (bicyclic) bond motifs is 4. The van der Waals surface area contributed by atoms with Crippen molar-refractivity contribution in [1.82, 2.24) is 20.0 Å². The van der Waals surface area contributed by atoms with Crippen molar-refractivity contribution in [3.05, 3.63) is 140 Å². The number of aliphatic carboxylic acids is 1. The van der Waals surface area contributed by atoms with Gasteiger partial charge in [-0.3, -0.25) is 14.6 Å². The van der Waals surface area contributed by atoms with E-state index >= 15 is 0 Å². The fraction of sp³-hybridized carbons (Fsp3) is 0.348. The van der Waals surface area contributed by atoms with E-state index in [0.717, 1.165) is 80.4 Å². The normalized spacial score (nSPS) is 21.3. The molecule has 312 valence electrons. The molecule has 1 amide bonds. The second-order valence-corrected chi connectivity index (χ2v) is 16.7. The van der Waals surface area contributed by atoms with Crippen molar-refractivity contribution in [1.29, 1.82) is 0 Å². The van der Waals surface area contributed by atoms with Gasteiger partial charge in [0.15, 0.2) is 0 Å². The number of carbonyl (C=O) groups is 2. The number of nitrogens with zero attached hydrogens (tertiary/aromatic N) is 3. The molecule has 4 fully saturated rings. The van der Waals surface area contributed by atoms with Crippen LogP contribution >= 0.6 is 23.2 Å². The maximum Gasteiger partial charge on any atom is 0.328 e. The number of anilines is 2. The molecular weight excluding hydrogens is 793 g/mol. The number of carboxylic acid groups (broad SMARTS) is 1. The molecule has 4 bridgehead atoms. The molecule has 0 spiro atoms. The summed E-state index contributed by atoms with van der Waals surface area (Å²) in [6.07, 6.45) is 10.6. The topological polar surface area (TPSA) is 128 Å². The molecule has 59 heavy (non-hydrogen) atoms. The van der Waals surface area contributed by atoms with Crippen LogP contribution in [-0.4, -0.2) is 82.0 Å². The summed E-state index contributed by atoms with van der Waals surface area (Å²) in [6, 6.07) is 22.3. The molecule has 4 saturated heterocycles. The van der Waals surface area contributed by atoms with Gasteiger partial charge in [-0.1, -0.05) is 47.5 Å². The number of nitrogens with one attached hydrogen (secondary N) is 1. The number of hydrogen-bond acceptors (Lipinski definition) is 7. The molecule has 13 heteroatoms. The molecule has 8 rings (SSSR count). The Morgan fingerprint density at radius 1 is 0.695 bits per heavy atom. The largest absolute Gasteiger partial charge is 0.478 e. The molecule has 0 aromatic heterocycles. The third kappa shape index (κ3) is 12.1. The molecule has 9 nitrogen and oxygen atoms in total. The van der Waals surface area contributed by atoms with Gasteiger partial charge in [0.25, 0.3) is 0 Å². The minimum atomic E-state index is -1.00. The smallest absolute Gasteiger partial charge is 0.328 e. The Hall–Kier alpha value is -4.78. The third-order valence-electron chi connectivity index (χ3n) is 11.3. The fourth-order valence-corrected chi connectivity index (χ4v) is 8.67. The molecule has 0 saturated carbocycles. The van der Waals surface area contributed by atoms with Gasteiger partial charge in [0, 0.05) is 97.0 Å². The molecule has 6 N–H and O–H groups in total. The van der Waals surface area contributed by atoms with Crippen LogP contribution in [0.3, 0.4) is 0 Å². The predicted molar refractivity (Wildman–Crippen MR) is 234 cm³/mol. The number of carbonyl (C=O) groups excluding carboxylic acids is 1. The third-order valence-corrected chi connectivity index (χ3v) is 12.1. The SMILES string of the molecule is Cc1cc(/C=C/C(=O)N2C3CCC2CN(Cc2ccc(F)cc2)C3)c(N)cc1Cl.Cc1cc(/C=C/C(=O)O)c(N)cc1Cl.Fc1ccc(CN2CC3CCC(C2)N3)cc1. The zero-order valence-corrected chi connectivity index (χ0v) is 34.9. The lowest BCUT2D eigenvalue weighted by Crippen LogP contribution is -2.55. The number of nitrogens with two attached hydrogens (primary N) is 2. The highest BCUT2D eigenvalue weighted by Crippen LogP contribution is 2.32. The average Bonchev–Trinajstić information content (AvgIpc) is 3.68. The molecule has 0 aliphatic carbocycles. The standard InChI is InChI=1S/C23H25ClFN3O.C13H17FN2.C10H10ClNO2/c1-15-10-17(22(26)11-21(15)24)4-9-23(29)28-19-7-8-20(28)14-27(13-19)12-16-2-5-18(25)6-3-16;14-11-3-1-10(2-4-11)7-16-8-12-5-6-13(9-16)15-12;1-6-4-7(2-3-10(13)14)9(12)5-8(6)11/h2-6,9-11,19-20H,7-8,12-14,26H2,1H3;1-4,12-13,15H,5-9H2;2-5H,12H2,1H3,(H,13,14)/b9-4+;;3-2+. The highest BCUT2D eigenvalue weighted by Gasteiger charge is 2.41. The Morgan fingerprint density at radius 3 is 1.56 bits per heavy atom. The summed E-state index contributed by atoms with van der Waals surface area (Å²) >= 11 is 11.9. The summed E-state index contributed by atoms with van der Waals surface area (Å²) in [5, 5.41) is 13.3. The quantitative estimate of drug-likeness (QED) is 0.103. The fourth-order valence-electron chi connectivity index (χ4n) is 8.33. The maximum atomic E-state index is 13.1. The number of hydrogen-bond donors (Lipinski definition) is 4.